The summed E-state index contributed by atoms with van der Waals surface area (Å²) in [7, 11) is 0. The minimum absolute atomic E-state index is 0.0380. The highest BCUT2D eigenvalue weighted by Crippen LogP contribution is 2.57. The number of aromatic hydroxyl groups is 1. The molecule has 136 valence electrons. The Labute approximate surface area is 147 Å². The Morgan fingerprint density at radius 2 is 2.16 bits per heavy atom. The van der Waals surface area contributed by atoms with Crippen molar-refractivity contribution < 1.29 is 24.9 Å². The number of aromatic carboxylic acids is 1. The fourth-order valence-electron chi connectivity index (χ4n) is 4.45. The minimum atomic E-state index is -1.14. The first kappa shape index (κ1) is 17.8. The van der Waals surface area contributed by atoms with Crippen LogP contribution >= 0.6 is 0 Å². The van der Waals surface area contributed by atoms with Crippen molar-refractivity contribution in [2.45, 2.75) is 64.1 Å². The third-order valence-electron chi connectivity index (χ3n) is 5.67. The van der Waals surface area contributed by atoms with E-state index in [1.54, 1.807) is 13.0 Å². The fourth-order valence-corrected chi connectivity index (χ4v) is 4.45. The number of phenols is 1. The highest BCUT2D eigenvalue weighted by Gasteiger charge is 2.54. The topological polar surface area (TPSA) is 87.0 Å². The molecule has 0 spiro atoms. The highest BCUT2D eigenvalue weighted by molar-refractivity contribution is 5.94. The molecule has 4 atom stereocenters. The number of carboxylic acids is 1. The summed E-state index contributed by atoms with van der Waals surface area (Å²) < 4.78 is 6.07. The first-order valence-electron chi connectivity index (χ1n) is 8.85. The quantitative estimate of drug-likeness (QED) is 0.725. The summed E-state index contributed by atoms with van der Waals surface area (Å²) in [5.41, 5.74) is 0.953. The molecule has 0 saturated heterocycles. The number of carboxylic acid groups (broad SMARTS) is 1. The molecule has 5 heteroatoms. The second-order valence-electron chi connectivity index (χ2n) is 7.64. The van der Waals surface area contributed by atoms with Crippen LogP contribution in [0.15, 0.2) is 18.2 Å². The van der Waals surface area contributed by atoms with Crippen LogP contribution in [-0.2, 0) is 6.42 Å². The van der Waals surface area contributed by atoms with Gasteiger partial charge in [0.2, 0.25) is 0 Å². The second kappa shape index (κ2) is 6.06. The third kappa shape index (κ3) is 2.71. The molecule has 5 nitrogen and oxygen atoms in total. The number of ether oxygens (including phenoxy) is 1. The molecule has 1 saturated carbocycles. The molecule has 3 rings (SSSR count). The maximum absolute atomic E-state index is 11.8. The smallest absolute Gasteiger partial charge is 0.339 e. The van der Waals surface area contributed by atoms with Gasteiger partial charge in [-0.2, -0.15) is 0 Å². The van der Waals surface area contributed by atoms with Crippen LogP contribution in [0.1, 0.15) is 67.4 Å². The molecule has 0 bridgehead atoms. The molecule has 0 amide bonds. The SMILES string of the molecule is C=C(C)C1CC[C@](C)(O)[C@H]2Oc3cc(CCC)c(C(=O)O)c(O)c3[C@@H]12. The summed E-state index contributed by atoms with van der Waals surface area (Å²) in [5, 5.41) is 31.2. The number of aryl methyl sites for hydroxylation is 1. The van der Waals surface area contributed by atoms with E-state index in [0.717, 1.165) is 18.4 Å². The lowest BCUT2D eigenvalue weighted by atomic mass is 9.66. The van der Waals surface area contributed by atoms with Crippen LogP contribution in [0.2, 0.25) is 0 Å². The Bertz CT molecular complexity index is 734. The van der Waals surface area contributed by atoms with E-state index < -0.39 is 17.7 Å². The number of allylic oxidation sites excluding steroid dienone is 1. The number of hydrogen-bond donors (Lipinski definition) is 3. The van der Waals surface area contributed by atoms with Crippen LogP contribution < -0.4 is 4.74 Å². The molecule has 25 heavy (non-hydrogen) atoms. The van der Waals surface area contributed by atoms with Gasteiger partial charge >= 0.3 is 5.97 Å². The van der Waals surface area contributed by atoms with Gasteiger partial charge in [0.25, 0.3) is 0 Å². The maximum atomic E-state index is 11.8. The average molecular weight is 346 g/mol. The molecule has 3 N–H and O–H groups in total. The van der Waals surface area contributed by atoms with E-state index in [4.69, 9.17) is 4.74 Å². The first-order valence-corrected chi connectivity index (χ1v) is 8.85. The van der Waals surface area contributed by atoms with Crippen LogP contribution in [0.3, 0.4) is 0 Å². The number of aliphatic hydroxyl groups is 1. The van der Waals surface area contributed by atoms with Crippen molar-refractivity contribution >= 4 is 5.97 Å². The Morgan fingerprint density at radius 1 is 1.48 bits per heavy atom. The van der Waals surface area contributed by atoms with Gasteiger partial charge in [0.15, 0.2) is 0 Å². The van der Waals surface area contributed by atoms with E-state index in [2.05, 4.69) is 6.58 Å². The Kier molecular flexibility index (Phi) is 4.31. The van der Waals surface area contributed by atoms with Crippen molar-refractivity contribution in [1.29, 1.82) is 0 Å². The van der Waals surface area contributed by atoms with E-state index in [9.17, 15) is 20.1 Å². The molecule has 0 aromatic heterocycles. The van der Waals surface area contributed by atoms with Crippen LogP contribution in [-0.4, -0.2) is 33.0 Å². The van der Waals surface area contributed by atoms with Crippen molar-refractivity contribution in [2.75, 3.05) is 0 Å². The van der Waals surface area contributed by atoms with E-state index in [0.29, 0.717) is 29.7 Å². The zero-order valence-corrected chi connectivity index (χ0v) is 15.0. The van der Waals surface area contributed by atoms with E-state index in [1.165, 1.54) is 0 Å². The monoisotopic (exact) mass is 346 g/mol. The maximum Gasteiger partial charge on any atom is 0.339 e. The average Bonchev–Trinajstić information content (AvgIpc) is 2.88. The van der Waals surface area contributed by atoms with Gasteiger partial charge in [-0.25, -0.2) is 4.79 Å². The van der Waals surface area contributed by atoms with Gasteiger partial charge in [-0.3, -0.25) is 0 Å². The molecule has 1 fully saturated rings. The molecule has 1 heterocycles. The fraction of sp³-hybridized carbons (Fsp3) is 0.550. The predicted octanol–water partition coefficient (Wildman–Crippen LogP) is 3.62. The number of fused-ring (bicyclic) bond motifs is 3. The molecule has 1 unspecified atom stereocenters. The second-order valence-corrected chi connectivity index (χ2v) is 7.64. The highest BCUT2D eigenvalue weighted by atomic mass is 16.5. The lowest BCUT2D eigenvalue weighted by Crippen LogP contribution is -2.50. The van der Waals surface area contributed by atoms with Crippen molar-refractivity contribution in [3.05, 3.63) is 34.9 Å². The first-order chi connectivity index (χ1) is 11.7. The molecule has 1 aromatic rings. The number of rotatable bonds is 4. The van der Waals surface area contributed by atoms with Crippen LogP contribution in [0, 0.1) is 5.92 Å². The molecule has 0 radical (unpaired) electrons. The third-order valence-corrected chi connectivity index (χ3v) is 5.67. The zero-order chi connectivity index (χ0) is 18.5. The molecule has 1 aliphatic carbocycles. The van der Waals surface area contributed by atoms with Crippen molar-refractivity contribution in [2.24, 2.45) is 5.92 Å². The standard InChI is InChI=1S/C20H26O5/c1-5-6-11-9-13-16(17(21)14(11)19(22)23)15-12(10(2)3)7-8-20(4,24)18(15)25-13/h9,12,15,18,21,24H,2,5-8H2,1,3-4H3,(H,22,23)/t12?,15-,18+,20+/m1/s1. The Balaban J connectivity index is 2.21. The lowest BCUT2D eigenvalue weighted by Gasteiger charge is -2.42. The van der Waals surface area contributed by atoms with Crippen LogP contribution in [0.25, 0.3) is 0 Å². The lowest BCUT2D eigenvalue weighted by molar-refractivity contribution is -0.0824. The summed E-state index contributed by atoms with van der Waals surface area (Å²) >= 11 is 0. The zero-order valence-electron chi connectivity index (χ0n) is 15.0. The molecule has 2 aliphatic rings. The van der Waals surface area contributed by atoms with Crippen molar-refractivity contribution in [3.63, 3.8) is 0 Å². The van der Waals surface area contributed by atoms with E-state index in [-0.39, 0.29) is 23.1 Å². The van der Waals surface area contributed by atoms with Gasteiger partial charge < -0.3 is 20.1 Å². The van der Waals surface area contributed by atoms with Gasteiger partial charge in [0.05, 0.1) is 5.60 Å². The Hall–Kier alpha value is -2.01. The Morgan fingerprint density at radius 3 is 2.72 bits per heavy atom. The predicted molar refractivity (Wildman–Crippen MR) is 94.4 cm³/mol. The summed E-state index contributed by atoms with van der Waals surface area (Å²) in [6.07, 6.45) is 2.10. The van der Waals surface area contributed by atoms with Gasteiger partial charge in [-0.05, 0) is 50.7 Å². The summed E-state index contributed by atoms with van der Waals surface area (Å²) in [4.78, 5) is 11.8. The number of hydrogen-bond acceptors (Lipinski definition) is 4. The summed E-state index contributed by atoms with van der Waals surface area (Å²) in [6, 6.07) is 1.73. The van der Waals surface area contributed by atoms with Crippen molar-refractivity contribution in [1.82, 2.24) is 0 Å². The molecule has 1 aliphatic heterocycles. The van der Waals surface area contributed by atoms with Gasteiger partial charge in [-0.1, -0.05) is 25.5 Å². The largest absolute Gasteiger partial charge is 0.507 e. The van der Waals surface area contributed by atoms with Crippen LogP contribution in [0.4, 0.5) is 0 Å². The normalized spacial score (nSPS) is 30.3. The van der Waals surface area contributed by atoms with Gasteiger partial charge in [0.1, 0.15) is 23.2 Å². The number of carbonyl (C=O) groups is 1. The summed E-state index contributed by atoms with van der Waals surface area (Å²) in [6.45, 7) is 9.69. The molecular weight excluding hydrogens is 320 g/mol. The van der Waals surface area contributed by atoms with E-state index >= 15 is 0 Å². The number of benzene rings is 1. The summed E-state index contributed by atoms with van der Waals surface area (Å²) in [5.74, 6) is -1.11. The minimum Gasteiger partial charge on any atom is -0.507 e. The van der Waals surface area contributed by atoms with E-state index in [1.807, 2.05) is 13.8 Å². The van der Waals surface area contributed by atoms with Crippen molar-refractivity contribution in [3.8, 4) is 11.5 Å². The van der Waals surface area contributed by atoms with Gasteiger partial charge in [0, 0.05) is 11.5 Å². The molecular formula is C20H26O5. The molecule has 1 aromatic carbocycles. The van der Waals surface area contributed by atoms with Crippen LogP contribution in [0.5, 0.6) is 11.5 Å². The van der Waals surface area contributed by atoms with Gasteiger partial charge in [-0.15, -0.1) is 0 Å².